The minimum Gasteiger partial charge on any atom is -0.457 e. The van der Waals surface area contributed by atoms with Crippen molar-refractivity contribution in [1.29, 1.82) is 0 Å². The molecule has 9 aromatic carbocycles. The van der Waals surface area contributed by atoms with Gasteiger partial charge in [0.25, 0.3) is 0 Å². The highest BCUT2D eigenvalue weighted by atomic mass is 16.5. The van der Waals surface area contributed by atoms with E-state index < -0.39 is 5.41 Å². The van der Waals surface area contributed by atoms with Crippen molar-refractivity contribution in [3.63, 3.8) is 0 Å². The Bertz CT molecular complexity index is 3190. The number of rotatable bonds is 5. The summed E-state index contributed by atoms with van der Waals surface area (Å²) < 4.78 is 7.01. The topological polar surface area (TPSA) is 35.0 Å². The van der Waals surface area contributed by atoms with Gasteiger partial charge in [0.15, 0.2) is 5.82 Å². The molecule has 280 valence electrons. The van der Waals surface area contributed by atoms with E-state index in [1.54, 1.807) is 0 Å². The number of benzene rings is 9. The molecule has 0 amide bonds. The van der Waals surface area contributed by atoms with Gasteiger partial charge in [0, 0.05) is 27.8 Å². The zero-order valence-electron chi connectivity index (χ0n) is 32.6. The third-order valence-electron chi connectivity index (χ3n) is 12.3. The maximum atomic E-state index is 7.01. The van der Waals surface area contributed by atoms with E-state index in [0.717, 1.165) is 72.8 Å². The lowest BCUT2D eigenvalue weighted by atomic mass is 9.65. The Labute approximate surface area is 348 Å². The molecule has 2 aliphatic rings. The van der Waals surface area contributed by atoms with E-state index in [-0.39, 0.29) is 0 Å². The Morgan fingerprint density at radius 1 is 0.300 bits per heavy atom. The highest BCUT2D eigenvalue weighted by Crippen LogP contribution is 2.62. The van der Waals surface area contributed by atoms with Crippen molar-refractivity contribution in [2.45, 2.75) is 5.41 Å². The molecule has 0 N–H and O–H groups in total. The Hall–Kier alpha value is -7.88. The highest BCUT2D eigenvalue weighted by molar-refractivity contribution is 5.93. The van der Waals surface area contributed by atoms with Gasteiger partial charge >= 0.3 is 0 Å². The molecule has 1 spiro atoms. The van der Waals surface area contributed by atoms with E-state index in [0.29, 0.717) is 5.82 Å². The minimum atomic E-state index is -0.527. The first-order valence-electron chi connectivity index (χ1n) is 20.5. The van der Waals surface area contributed by atoms with E-state index in [4.69, 9.17) is 14.7 Å². The fourth-order valence-corrected chi connectivity index (χ4v) is 9.58. The minimum absolute atomic E-state index is 0.527. The third kappa shape index (κ3) is 5.37. The van der Waals surface area contributed by atoms with Crippen molar-refractivity contribution in [3.8, 4) is 78.8 Å². The van der Waals surface area contributed by atoms with Gasteiger partial charge in [-0.1, -0.05) is 182 Å². The molecule has 1 aliphatic heterocycles. The SMILES string of the molecule is c1ccc(-c2cc(-c3ccccc3)nc(-c3cccc(-c4cccc(-c5ccc6c(c5)Oc5cc7ccccc7cc5C65c6ccccc6-c6ccccc65)c4)c3)n2)cc1. The molecule has 12 rings (SSSR count). The van der Waals surface area contributed by atoms with E-state index in [2.05, 4.69) is 182 Å². The van der Waals surface area contributed by atoms with Gasteiger partial charge in [0.05, 0.1) is 16.8 Å². The van der Waals surface area contributed by atoms with Crippen LogP contribution in [0, 0.1) is 0 Å². The third-order valence-corrected chi connectivity index (χ3v) is 12.3. The first kappa shape index (κ1) is 34.2. The summed E-state index contributed by atoms with van der Waals surface area (Å²) in [6, 6.07) is 77.8. The molecule has 1 aliphatic carbocycles. The molecule has 10 aromatic rings. The van der Waals surface area contributed by atoms with E-state index in [1.807, 2.05) is 36.4 Å². The van der Waals surface area contributed by atoms with Crippen LogP contribution in [-0.2, 0) is 5.41 Å². The molecule has 1 aromatic heterocycles. The molecule has 3 heteroatoms. The summed E-state index contributed by atoms with van der Waals surface area (Å²) in [5.74, 6) is 2.46. The number of aromatic nitrogens is 2. The summed E-state index contributed by atoms with van der Waals surface area (Å²) in [5.41, 5.74) is 16.2. The number of hydrogen-bond donors (Lipinski definition) is 0. The molecule has 3 nitrogen and oxygen atoms in total. The van der Waals surface area contributed by atoms with Crippen molar-refractivity contribution < 1.29 is 4.74 Å². The van der Waals surface area contributed by atoms with Gasteiger partial charge in [-0.15, -0.1) is 0 Å². The molecule has 0 saturated carbocycles. The molecule has 0 fully saturated rings. The first-order valence-corrected chi connectivity index (χ1v) is 20.5. The predicted octanol–water partition coefficient (Wildman–Crippen LogP) is 14.4. The van der Waals surface area contributed by atoms with Gasteiger partial charge in [-0.25, -0.2) is 9.97 Å². The lowest BCUT2D eigenvalue weighted by Gasteiger charge is -2.39. The van der Waals surface area contributed by atoms with Gasteiger partial charge < -0.3 is 4.74 Å². The van der Waals surface area contributed by atoms with Crippen LogP contribution >= 0.6 is 0 Å². The molecule has 2 heterocycles. The second kappa shape index (κ2) is 13.6. The van der Waals surface area contributed by atoms with Crippen LogP contribution in [0.4, 0.5) is 0 Å². The van der Waals surface area contributed by atoms with Gasteiger partial charge in [-0.3, -0.25) is 0 Å². The standard InChI is InChI=1S/C57H36N2O/c1-3-15-37(16-4-1)52-36-53(38-17-5-2-6-18-38)59-56(58-52)45-24-14-23-41(32-45)39-21-13-22-40(31-39)44-29-30-50-54(35-44)60-55-34-43-20-8-7-19-42(43)33-51(55)57(50)48-27-11-9-25-46(48)47-26-10-12-28-49(47)57/h1-36H. The van der Waals surface area contributed by atoms with Crippen LogP contribution in [-0.4, -0.2) is 9.97 Å². The molecular formula is C57H36N2O. The van der Waals surface area contributed by atoms with Crippen LogP contribution in [0.2, 0.25) is 0 Å². The summed E-state index contributed by atoms with van der Waals surface area (Å²) in [5, 5.41) is 2.36. The van der Waals surface area contributed by atoms with Crippen molar-refractivity contribution in [3.05, 3.63) is 241 Å². The maximum absolute atomic E-state index is 7.01. The van der Waals surface area contributed by atoms with Gasteiger partial charge in [0.1, 0.15) is 11.5 Å². The Kier molecular flexibility index (Phi) is 7.76. The lowest BCUT2D eigenvalue weighted by molar-refractivity contribution is 0.437. The van der Waals surface area contributed by atoms with Crippen LogP contribution in [0.5, 0.6) is 11.5 Å². The van der Waals surface area contributed by atoms with E-state index in [1.165, 1.54) is 33.2 Å². The molecule has 60 heavy (non-hydrogen) atoms. The number of nitrogens with zero attached hydrogens (tertiary/aromatic N) is 2. The quantitative estimate of drug-likeness (QED) is 0.175. The highest BCUT2D eigenvalue weighted by Gasteiger charge is 2.51. The van der Waals surface area contributed by atoms with Crippen LogP contribution in [0.25, 0.3) is 78.1 Å². The average Bonchev–Trinajstić information content (AvgIpc) is 3.62. The van der Waals surface area contributed by atoms with Crippen LogP contribution in [0.15, 0.2) is 218 Å². The normalized spacial score (nSPS) is 12.9. The molecular weight excluding hydrogens is 729 g/mol. The zero-order valence-corrected chi connectivity index (χ0v) is 32.6. The molecule has 0 atom stereocenters. The van der Waals surface area contributed by atoms with Gasteiger partial charge in [-0.05, 0) is 91.7 Å². The van der Waals surface area contributed by atoms with Crippen molar-refractivity contribution in [2.24, 2.45) is 0 Å². The van der Waals surface area contributed by atoms with Crippen molar-refractivity contribution in [2.75, 3.05) is 0 Å². The lowest BCUT2D eigenvalue weighted by Crippen LogP contribution is -2.32. The van der Waals surface area contributed by atoms with Crippen LogP contribution in [0.3, 0.4) is 0 Å². The summed E-state index contributed by atoms with van der Waals surface area (Å²) in [7, 11) is 0. The summed E-state index contributed by atoms with van der Waals surface area (Å²) in [6.07, 6.45) is 0. The van der Waals surface area contributed by atoms with Crippen molar-refractivity contribution >= 4 is 10.8 Å². The molecule has 0 unspecified atom stereocenters. The van der Waals surface area contributed by atoms with Gasteiger partial charge in [-0.2, -0.15) is 0 Å². The Balaban J connectivity index is 0.970. The Morgan fingerprint density at radius 3 is 1.38 bits per heavy atom. The van der Waals surface area contributed by atoms with E-state index in [9.17, 15) is 0 Å². The molecule has 0 bridgehead atoms. The predicted molar refractivity (Wildman–Crippen MR) is 244 cm³/mol. The van der Waals surface area contributed by atoms with Crippen molar-refractivity contribution in [1.82, 2.24) is 9.97 Å². The summed E-state index contributed by atoms with van der Waals surface area (Å²) in [4.78, 5) is 10.2. The molecule has 0 radical (unpaired) electrons. The fraction of sp³-hybridized carbons (Fsp3) is 0.0175. The largest absolute Gasteiger partial charge is 0.457 e. The van der Waals surface area contributed by atoms with Gasteiger partial charge in [0.2, 0.25) is 0 Å². The number of ether oxygens (including phenoxy) is 1. The summed E-state index contributed by atoms with van der Waals surface area (Å²) >= 11 is 0. The van der Waals surface area contributed by atoms with Crippen LogP contribution < -0.4 is 4.74 Å². The fourth-order valence-electron chi connectivity index (χ4n) is 9.58. The van der Waals surface area contributed by atoms with E-state index >= 15 is 0 Å². The number of hydrogen-bond acceptors (Lipinski definition) is 3. The maximum Gasteiger partial charge on any atom is 0.160 e. The molecule has 0 saturated heterocycles. The summed E-state index contributed by atoms with van der Waals surface area (Å²) in [6.45, 7) is 0. The second-order valence-corrected chi connectivity index (χ2v) is 15.7. The monoisotopic (exact) mass is 764 g/mol. The number of fused-ring (bicyclic) bond motifs is 10. The first-order chi connectivity index (χ1) is 29.7. The second-order valence-electron chi connectivity index (χ2n) is 15.7. The average molecular weight is 765 g/mol. The zero-order chi connectivity index (χ0) is 39.6. The Morgan fingerprint density at radius 2 is 0.767 bits per heavy atom. The smallest absolute Gasteiger partial charge is 0.160 e. The van der Waals surface area contributed by atoms with Crippen LogP contribution in [0.1, 0.15) is 22.3 Å².